The number of fused-ring (bicyclic) bond motifs is 1. The van der Waals surface area contributed by atoms with Gasteiger partial charge in [-0.2, -0.15) is 0 Å². The molecule has 0 atom stereocenters. The molecule has 1 aromatic rings. The molecule has 1 aliphatic carbocycles. The summed E-state index contributed by atoms with van der Waals surface area (Å²) in [6, 6.07) is 8.82. The standard InChI is InChI=1S/C17H22/c1-3-4-5-6-9-14(2)16-13-12-15-10-7-8-11-17(15)16/h6-11H,3-5,12-13H2,1-2H3/b9-6+,16-14-. The van der Waals surface area contributed by atoms with E-state index in [1.807, 2.05) is 0 Å². The number of benzene rings is 1. The van der Waals surface area contributed by atoms with Gasteiger partial charge >= 0.3 is 0 Å². The number of rotatable bonds is 4. The lowest BCUT2D eigenvalue weighted by Gasteiger charge is -2.03. The molecule has 0 heteroatoms. The summed E-state index contributed by atoms with van der Waals surface area (Å²) in [7, 11) is 0. The fourth-order valence-electron chi connectivity index (χ4n) is 2.52. The van der Waals surface area contributed by atoms with Crippen molar-refractivity contribution in [3.63, 3.8) is 0 Å². The molecule has 0 bridgehead atoms. The van der Waals surface area contributed by atoms with E-state index >= 15 is 0 Å². The van der Waals surface area contributed by atoms with Crippen LogP contribution in [-0.4, -0.2) is 0 Å². The van der Waals surface area contributed by atoms with Gasteiger partial charge in [0.05, 0.1) is 0 Å². The lowest BCUT2D eigenvalue weighted by Crippen LogP contribution is -1.82. The molecule has 0 saturated carbocycles. The molecule has 0 saturated heterocycles. The van der Waals surface area contributed by atoms with E-state index in [1.165, 1.54) is 48.8 Å². The van der Waals surface area contributed by atoms with Crippen LogP contribution < -0.4 is 0 Å². The highest BCUT2D eigenvalue weighted by molar-refractivity contribution is 5.76. The van der Waals surface area contributed by atoms with E-state index in [4.69, 9.17) is 0 Å². The number of aryl methyl sites for hydroxylation is 1. The molecule has 1 aliphatic rings. The summed E-state index contributed by atoms with van der Waals surface area (Å²) in [4.78, 5) is 0. The van der Waals surface area contributed by atoms with Crippen LogP contribution in [0.15, 0.2) is 42.0 Å². The van der Waals surface area contributed by atoms with Crippen LogP contribution in [0.4, 0.5) is 0 Å². The zero-order chi connectivity index (χ0) is 12.1. The van der Waals surface area contributed by atoms with Crippen molar-refractivity contribution in [1.29, 1.82) is 0 Å². The van der Waals surface area contributed by atoms with E-state index in [0.29, 0.717) is 0 Å². The maximum Gasteiger partial charge on any atom is -0.0190 e. The molecule has 0 unspecified atom stereocenters. The Kier molecular flexibility index (Phi) is 4.19. The van der Waals surface area contributed by atoms with Crippen LogP contribution in [0.2, 0.25) is 0 Å². The molecule has 0 amide bonds. The third kappa shape index (κ3) is 2.88. The first-order chi connectivity index (χ1) is 8.33. The number of allylic oxidation sites excluding steroid dienone is 4. The molecular formula is C17H22. The Labute approximate surface area is 105 Å². The minimum atomic E-state index is 1.21. The molecule has 90 valence electrons. The third-order valence-corrected chi connectivity index (χ3v) is 3.56. The van der Waals surface area contributed by atoms with Crippen LogP contribution in [0, 0.1) is 0 Å². The van der Waals surface area contributed by atoms with Gasteiger partial charge in [0, 0.05) is 0 Å². The zero-order valence-corrected chi connectivity index (χ0v) is 11.0. The minimum Gasteiger partial charge on any atom is -0.0843 e. The first kappa shape index (κ1) is 12.2. The lowest BCUT2D eigenvalue weighted by atomic mass is 10.0. The highest BCUT2D eigenvalue weighted by Crippen LogP contribution is 2.34. The Bertz CT molecular complexity index is 435. The molecule has 0 heterocycles. The Hall–Kier alpha value is -1.30. The summed E-state index contributed by atoms with van der Waals surface area (Å²) >= 11 is 0. The average Bonchev–Trinajstić information content (AvgIpc) is 2.78. The largest absolute Gasteiger partial charge is 0.0843 e. The van der Waals surface area contributed by atoms with Crippen molar-refractivity contribution >= 4 is 5.57 Å². The third-order valence-electron chi connectivity index (χ3n) is 3.56. The molecule has 0 spiro atoms. The smallest absolute Gasteiger partial charge is 0.0190 e. The molecule has 0 N–H and O–H groups in total. The van der Waals surface area contributed by atoms with Crippen molar-refractivity contribution in [2.75, 3.05) is 0 Å². The van der Waals surface area contributed by atoms with Gasteiger partial charge in [-0.05, 0) is 48.5 Å². The van der Waals surface area contributed by atoms with Crippen LogP contribution in [0.5, 0.6) is 0 Å². The van der Waals surface area contributed by atoms with Crippen LogP contribution in [0.1, 0.15) is 50.7 Å². The quantitative estimate of drug-likeness (QED) is 0.623. The second-order valence-electron chi connectivity index (χ2n) is 4.86. The summed E-state index contributed by atoms with van der Waals surface area (Å²) in [5, 5.41) is 0. The van der Waals surface area contributed by atoms with Crippen molar-refractivity contribution in [3.8, 4) is 0 Å². The molecule has 0 radical (unpaired) electrons. The molecule has 0 nitrogen and oxygen atoms in total. The first-order valence-electron chi connectivity index (χ1n) is 6.77. The van der Waals surface area contributed by atoms with Gasteiger partial charge in [-0.1, -0.05) is 56.2 Å². The van der Waals surface area contributed by atoms with Crippen LogP contribution in [-0.2, 0) is 6.42 Å². The summed E-state index contributed by atoms with van der Waals surface area (Å²) < 4.78 is 0. The molecule has 17 heavy (non-hydrogen) atoms. The molecule has 0 aliphatic heterocycles. The summed E-state index contributed by atoms with van der Waals surface area (Å²) in [5.74, 6) is 0. The maximum absolute atomic E-state index is 2.33. The van der Waals surface area contributed by atoms with Crippen molar-refractivity contribution in [3.05, 3.63) is 53.1 Å². The maximum atomic E-state index is 2.33. The number of unbranched alkanes of at least 4 members (excludes halogenated alkanes) is 2. The number of hydrogen-bond acceptors (Lipinski definition) is 0. The Morgan fingerprint density at radius 3 is 2.88 bits per heavy atom. The Morgan fingerprint density at radius 2 is 2.06 bits per heavy atom. The molecule has 2 rings (SSSR count). The second-order valence-corrected chi connectivity index (χ2v) is 4.86. The van der Waals surface area contributed by atoms with E-state index in [-0.39, 0.29) is 0 Å². The lowest BCUT2D eigenvalue weighted by molar-refractivity contribution is 0.814. The molecule has 1 aromatic carbocycles. The van der Waals surface area contributed by atoms with Crippen molar-refractivity contribution < 1.29 is 0 Å². The Balaban J connectivity index is 2.14. The fraction of sp³-hybridized carbons (Fsp3) is 0.412. The second kappa shape index (κ2) is 5.86. The normalized spacial score (nSPS) is 17.5. The van der Waals surface area contributed by atoms with Crippen molar-refractivity contribution in [2.45, 2.75) is 46.0 Å². The highest BCUT2D eigenvalue weighted by atomic mass is 14.2. The summed E-state index contributed by atoms with van der Waals surface area (Å²) in [5.41, 5.74) is 5.99. The van der Waals surface area contributed by atoms with Crippen LogP contribution in [0.25, 0.3) is 5.57 Å². The SMILES string of the molecule is CCCC/C=C/C(C)=C1/CCc2ccccc21. The monoisotopic (exact) mass is 226 g/mol. The highest BCUT2D eigenvalue weighted by Gasteiger charge is 2.16. The zero-order valence-electron chi connectivity index (χ0n) is 11.0. The van der Waals surface area contributed by atoms with Gasteiger partial charge in [0.25, 0.3) is 0 Å². The van der Waals surface area contributed by atoms with E-state index in [2.05, 4.69) is 50.3 Å². The molecule has 0 aromatic heterocycles. The van der Waals surface area contributed by atoms with Gasteiger partial charge in [-0.25, -0.2) is 0 Å². The van der Waals surface area contributed by atoms with Gasteiger partial charge in [0.2, 0.25) is 0 Å². The van der Waals surface area contributed by atoms with Crippen molar-refractivity contribution in [2.24, 2.45) is 0 Å². The fourth-order valence-corrected chi connectivity index (χ4v) is 2.52. The van der Waals surface area contributed by atoms with Crippen LogP contribution >= 0.6 is 0 Å². The Morgan fingerprint density at radius 1 is 1.24 bits per heavy atom. The van der Waals surface area contributed by atoms with Gasteiger partial charge in [-0.3, -0.25) is 0 Å². The predicted molar refractivity (Wildman–Crippen MR) is 76.0 cm³/mol. The topological polar surface area (TPSA) is 0 Å². The number of hydrogen-bond donors (Lipinski definition) is 0. The predicted octanol–water partition coefficient (Wildman–Crippen LogP) is 5.15. The summed E-state index contributed by atoms with van der Waals surface area (Å²) in [6.07, 6.45) is 10.9. The van der Waals surface area contributed by atoms with Crippen LogP contribution in [0.3, 0.4) is 0 Å². The molecular weight excluding hydrogens is 204 g/mol. The van der Waals surface area contributed by atoms with Gasteiger partial charge < -0.3 is 0 Å². The van der Waals surface area contributed by atoms with E-state index < -0.39 is 0 Å². The minimum absolute atomic E-state index is 1.21. The molecule has 0 fully saturated rings. The van der Waals surface area contributed by atoms with Gasteiger partial charge in [-0.15, -0.1) is 0 Å². The van der Waals surface area contributed by atoms with Gasteiger partial charge in [0.15, 0.2) is 0 Å². The average molecular weight is 226 g/mol. The van der Waals surface area contributed by atoms with Gasteiger partial charge in [0.1, 0.15) is 0 Å². The first-order valence-corrected chi connectivity index (χ1v) is 6.77. The van der Waals surface area contributed by atoms with E-state index in [0.717, 1.165) is 0 Å². The van der Waals surface area contributed by atoms with E-state index in [1.54, 1.807) is 5.57 Å². The van der Waals surface area contributed by atoms with E-state index in [9.17, 15) is 0 Å². The van der Waals surface area contributed by atoms with Crippen molar-refractivity contribution in [1.82, 2.24) is 0 Å². The summed E-state index contributed by atoms with van der Waals surface area (Å²) in [6.45, 7) is 4.49.